The second-order valence-corrected chi connectivity index (χ2v) is 7.28. The summed E-state index contributed by atoms with van der Waals surface area (Å²) >= 11 is 6.05. The first-order chi connectivity index (χ1) is 14.7. The van der Waals surface area contributed by atoms with E-state index in [0.717, 1.165) is 34.1 Å². The van der Waals surface area contributed by atoms with Crippen LogP contribution in [0.5, 0.6) is 23.0 Å². The number of hydrogen-bond acceptors (Lipinski definition) is 5. The van der Waals surface area contributed by atoms with Crippen molar-refractivity contribution in [2.45, 2.75) is 20.1 Å². The molecule has 0 spiro atoms. The molecule has 0 saturated carbocycles. The molecular formula is C24H24ClNO4. The monoisotopic (exact) mass is 425 g/mol. The third kappa shape index (κ3) is 5.10. The molecule has 1 aliphatic heterocycles. The SMILES string of the molecule is CCOc1cc(CNc2ccc3c(c2)OCCO3)ccc1OCc1cccc(Cl)c1. The average Bonchev–Trinajstić information content (AvgIpc) is 2.77. The number of nitrogens with one attached hydrogen (secondary N) is 1. The molecule has 0 aromatic heterocycles. The molecule has 1 aliphatic rings. The van der Waals surface area contributed by atoms with Gasteiger partial charge < -0.3 is 24.3 Å². The van der Waals surface area contributed by atoms with Gasteiger partial charge in [0.1, 0.15) is 19.8 Å². The molecule has 30 heavy (non-hydrogen) atoms. The van der Waals surface area contributed by atoms with Crippen molar-refractivity contribution in [2.75, 3.05) is 25.1 Å². The van der Waals surface area contributed by atoms with E-state index in [-0.39, 0.29) is 0 Å². The maximum atomic E-state index is 6.05. The Morgan fingerprint density at radius 3 is 2.57 bits per heavy atom. The van der Waals surface area contributed by atoms with Crippen LogP contribution < -0.4 is 24.3 Å². The molecule has 3 aromatic rings. The van der Waals surface area contributed by atoms with E-state index < -0.39 is 0 Å². The molecule has 6 heteroatoms. The summed E-state index contributed by atoms with van der Waals surface area (Å²) in [6.45, 7) is 4.76. The van der Waals surface area contributed by atoms with Crippen LogP contribution in [0.3, 0.4) is 0 Å². The second-order valence-electron chi connectivity index (χ2n) is 6.84. The Labute approximate surface area is 181 Å². The zero-order chi connectivity index (χ0) is 20.8. The van der Waals surface area contributed by atoms with Crippen LogP contribution >= 0.6 is 11.6 Å². The van der Waals surface area contributed by atoms with E-state index in [1.54, 1.807) is 0 Å². The second kappa shape index (κ2) is 9.63. The van der Waals surface area contributed by atoms with E-state index in [4.69, 9.17) is 30.5 Å². The lowest BCUT2D eigenvalue weighted by Gasteiger charge is -2.19. The highest BCUT2D eigenvalue weighted by atomic mass is 35.5. The van der Waals surface area contributed by atoms with Crippen LogP contribution in [-0.4, -0.2) is 19.8 Å². The number of hydrogen-bond donors (Lipinski definition) is 1. The molecule has 0 bridgehead atoms. The molecule has 0 fully saturated rings. The molecule has 156 valence electrons. The van der Waals surface area contributed by atoms with E-state index in [1.807, 2.05) is 67.6 Å². The fourth-order valence-electron chi connectivity index (χ4n) is 3.20. The molecule has 1 N–H and O–H groups in total. The molecule has 0 amide bonds. The van der Waals surface area contributed by atoms with Crippen molar-refractivity contribution >= 4 is 17.3 Å². The Bertz CT molecular complexity index is 1010. The molecule has 0 aliphatic carbocycles. The Balaban J connectivity index is 1.42. The van der Waals surface area contributed by atoms with Gasteiger partial charge in [0.2, 0.25) is 0 Å². The Morgan fingerprint density at radius 1 is 0.867 bits per heavy atom. The van der Waals surface area contributed by atoms with Crippen LogP contribution in [0, 0.1) is 0 Å². The number of halogens is 1. The van der Waals surface area contributed by atoms with E-state index in [0.29, 0.717) is 43.7 Å². The van der Waals surface area contributed by atoms with Crippen LogP contribution in [0.1, 0.15) is 18.1 Å². The topological polar surface area (TPSA) is 49.0 Å². The number of benzene rings is 3. The predicted octanol–water partition coefficient (Wildman–Crippen LogP) is 5.70. The van der Waals surface area contributed by atoms with Crippen LogP contribution in [0.2, 0.25) is 5.02 Å². The lowest BCUT2D eigenvalue weighted by Crippen LogP contribution is -2.15. The molecule has 3 aromatic carbocycles. The zero-order valence-electron chi connectivity index (χ0n) is 16.8. The number of fused-ring (bicyclic) bond motifs is 1. The quantitative estimate of drug-likeness (QED) is 0.501. The van der Waals surface area contributed by atoms with Crippen molar-refractivity contribution in [1.29, 1.82) is 0 Å². The number of anilines is 1. The predicted molar refractivity (Wildman–Crippen MR) is 118 cm³/mol. The van der Waals surface area contributed by atoms with Crippen molar-refractivity contribution < 1.29 is 18.9 Å². The van der Waals surface area contributed by atoms with Gasteiger partial charge in [0.15, 0.2) is 23.0 Å². The van der Waals surface area contributed by atoms with Gasteiger partial charge in [-0.3, -0.25) is 0 Å². The van der Waals surface area contributed by atoms with Gasteiger partial charge in [-0.25, -0.2) is 0 Å². The molecule has 5 nitrogen and oxygen atoms in total. The smallest absolute Gasteiger partial charge is 0.163 e. The maximum Gasteiger partial charge on any atom is 0.163 e. The molecular weight excluding hydrogens is 402 g/mol. The van der Waals surface area contributed by atoms with Gasteiger partial charge in [-0.2, -0.15) is 0 Å². The van der Waals surface area contributed by atoms with Gasteiger partial charge in [0, 0.05) is 23.3 Å². The standard InChI is InChI=1S/C24H24ClNO4/c1-2-27-23-13-17(6-8-22(23)30-16-18-4-3-5-19(25)12-18)15-26-20-7-9-21-24(14-20)29-11-10-28-21/h3-9,12-14,26H,2,10-11,15-16H2,1H3. The molecule has 0 saturated heterocycles. The first-order valence-electron chi connectivity index (χ1n) is 9.98. The van der Waals surface area contributed by atoms with Crippen molar-refractivity contribution in [1.82, 2.24) is 0 Å². The average molecular weight is 426 g/mol. The Kier molecular flexibility index (Phi) is 6.50. The minimum absolute atomic E-state index is 0.426. The van der Waals surface area contributed by atoms with Crippen molar-refractivity contribution in [2.24, 2.45) is 0 Å². The van der Waals surface area contributed by atoms with Crippen LogP contribution in [0.25, 0.3) is 0 Å². The summed E-state index contributed by atoms with van der Waals surface area (Å²) in [5.74, 6) is 2.98. The summed E-state index contributed by atoms with van der Waals surface area (Å²) in [5.41, 5.74) is 3.07. The molecule has 4 rings (SSSR count). The first kappa shape index (κ1) is 20.2. The van der Waals surface area contributed by atoms with Gasteiger partial charge in [-0.15, -0.1) is 0 Å². The van der Waals surface area contributed by atoms with Gasteiger partial charge in [0.05, 0.1) is 6.61 Å². The molecule has 0 radical (unpaired) electrons. The normalized spacial score (nSPS) is 12.3. The largest absolute Gasteiger partial charge is 0.490 e. The van der Waals surface area contributed by atoms with Gasteiger partial charge in [0.25, 0.3) is 0 Å². The highest BCUT2D eigenvalue weighted by Gasteiger charge is 2.12. The lowest BCUT2D eigenvalue weighted by atomic mass is 10.2. The summed E-state index contributed by atoms with van der Waals surface area (Å²) in [4.78, 5) is 0. The minimum Gasteiger partial charge on any atom is -0.490 e. The van der Waals surface area contributed by atoms with E-state index in [2.05, 4.69) is 5.32 Å². The van der Waals surface area contributed by atoms with Crippen molar-refractivity contribution in [3.63, 3.8) is 0 Å². The summed E-state index contributed by atoms with van der Waals surface area (Å²) in [5, 5.41) is 4.11. The van der Waals surface area contributed by atoms with E-state index in [9.17, 15) is 0 Å². The summed E-state index contributed by atoms with van der Waals surface area (Å²) in [6.07, 6.45) is 0. The van der Waals surface area contributed by atoms with Crippen LogP contribution in [-0.2, 0) is 13.2 Å². The van der Waals surface area contributed by atoms with Gasteiger partial charge >= 0.3 is 0 Å². The highest BCUT2D eigenvalue weighted by molar-refractivity contribution is 6.30. The Morgan fingerprint density at radius 2 is 1.73 bits per heavy atom. The maximum absolute atomic E-state index is 6.05. The van der Waals surface area contributed by atoms with E-state index >= 15 is 0 Å². The van der Waals surface area contributed by atoms with Gasteiger partial charge in [-0.1, -0.05) is 29.8 Å². The molecule has 0 atom stereocenters. The fourth-order valence-corrected chi connectivity index (χ4v) is 3.41. The number of ether oxygens (including phenoxy) is 4. The van der Waals surface area contributed by atoms with Crippen molar-refractivity contribution in [3.05, 3.63) is 76.8 Å². The zero-order valence-corrected chi connectivity index (χ0v) is 17.6. The first-order valence-corrected chi connectivity index (χ1v) is 10.4. The highest BCUT2D eigenvalue weighted by Crippen LogP contribution is 2.33. The molecule has 1 heterocycles. The van der Waals surface area contributed by atoms with E-state index in [1.165, 1.54) is 0 Å². The third-order valence-corrected chi connectivity index (χ3v) is 4.87. The van der Waals surface area contributed by atoms with Gasteiger partial charge in [-0.05, 0) is 54.4 Å². The Hall–Kier alpha value is -3.05. The van der Waals surface area contributed by atoms with Crippen molar-refractivity contribution in [3.8, 4) is 23.0 Å². The number of rotatable bonds is 8. The summed E-state index contributed by atoms with van der Waals surface area (Å²) in [6, 6.07) is 19.5. The minimum atomic E-state index is 0.426. The molecule has 0 unspecified atom stereocenters. The third-order valence-electron chi connectivity index (χ3n) is 4.63. The summed E-state index contributed by atoms with van der Waals surface area (Å²) in [7, 11) is 0. The fraction of sp³-hybridized carbons (Fsp3) is 0.250. The lowest BCUT2D eigenvalue weighted by molar-refractivity contribution is 0.171. The van der Waals surface area contributed by atoms with Crippen LogP contribution in [0.15, 0.2) is 60.7 Å². The summed E-state index contributed by atoms with van der Waals surface area (Å²) < 4.78 is 23.0. The van der Waals surface area contributed by atoms with Crippen LogP contribution in [0.4, 0.5) is 5.69 Å².